The smallest absolute Gasteiger partial charge is 0.197 e. The molecule has 0 unspecified atom stereocenters. The lowest BCUT2D eigenvalue weighted by molar-refractivity contribution is -0.137. The Morgan fingerprint density at radius 3 is 2.50 bits per heavy atom. The van der Waals surface area contributed by atoms with Crippen molar-refractivity contribution in [2.45, 2.75) is 18.0 Å². The molecule has 6 heteroatoms. The molecule has 1 aromatic rings. The van der Waals surface area contributed by atoms with E-state index in [1.165, 1.54) is 6.07 Å². The van der Waals surface area contributed by atoms with Crippen LogP contribution in [0.2, 0.25) is 5.02 Å². The quantitative estimate of drug-likeness (QED) is 0.743. The number of hydrogen-bond acceptors (Lipinski definition) is 1. The molecule has 0 aliphatic carbocycles. The number of benzene rings is 1. The van der Waals surface area contributed by atoms with E-state index in [1.807, 2.05) is 0 Å². The first-order valence-corrected chi connectivity index (χ1v) is 5.05. The number of halogens is 5. The van der Waals surface area contributed by atoms with Gasteiger partial charge in [0, 0.05) is 6.42 Å². The Hall–Kier alpha value is -0.920. The van der Waals surface area contributed by atoms with Crippen molar-refractivity contribution in [2.75, 3.05) is 0 Å². The second kappa shape index (κ2) is 4.94. The molecule has 1 atom stereocenters. The molecule has 0 N–H and O–H groups in total. The Morgan fingerprint density at radius 2 is 2.00 bits per heavy atom. The fourth-order valence-electron chi connectivity index (χ4n) is 1.17. The molecule has 0 saturated heterocycles. The maximum atomic E-state index is 12.5. The summed E-state index contributed by atoms with van der Waals surface area (Å²) in [6, 6.07) is 5.22. The number of nitrogens with zero attached hydrogens (tertiary/aromatic N) is 1. The van der Waals surface area contributed by atoms with Crippen molar-refractivity contribution in [1.29, 1.82) is 5.26 Å². The summed E-state index contributed by atoms with van der Waals surface area (Å²) in [6.07, 6.45) is -4.44. The molecule has 0 aliphatic heterocycles. The van der Waals surface area contributed by atoms with Crippen LogP contribution < -0.4 is 0 Å². The van der Waals surface area contributed by atoms with Crippen LogP contribution in [0.15, 0.2) is 18.2 Å². The molecule has 0 radical (unpaired) electrons. The number of rotatable bonds is 2. The van der Waals surface area contributed by atoms with Crippen molar-refractivity contribution in [3.63, 3.8) is 0 Å². The third kappa shape index (κ3) is 3.29. The van der Waals surface area contributed by atoms with E-state index in [1.54, 1.807) is 6.07 Å². The van der Waals surface area contributed by atoms with E-state index >= 15 is 0 Å². The van der Waals surface area contributed by atoms with Crippen LogP contribution >= 0.6 is 23.2 Å². The van der Waals surface area contributed by atoms with Gasteiger partial charge in [0.25, 0.3) is 0 Å². The SMILES string of the molecule is N#C[C@H](Cl)Cc1ccc(Cl)c(C(F)(F)F)c1. The van der Waals surface area contributed by atoms with Gasteiger partial charge in [-0.1, -0.05) is 17.7 Å². The van der Waals surface area contributed by atoms with Crippen LogP contribution in [0.1, 0.15) is 11.1 Å². The molecular weight excluding hydrogens is 262 g/mol. The first-order chi connectivity index (χ1) is 7.34. The average Bonchev–Trinajstić information content (AvgIpc) is 2.19. The number of nitriles is 1. The summed E-state index contributed by atoms with van der Waals surface area (Å²) in [5.41, 5.74) is -0.577. The molecule has 1 rings (SSSR count). The molecular formula is C10H6Cl2F3N. The van der Waals surface area contributed by atoms with E-state index in [-0.39, 0.29) is 11.4 Å². The molecule has 0 spiro atoms. The zero-order valence-corrected chi connectivity index (χ0v) is 9.37. The number of hydrogen-bond donors (Lipinski definition) is 0. The van der Waals surface area contributed by atoms with E-state index in [9.17, 15) is 13.2 Å². The second-order valence-corrected chi connectivity index (χ2v) is 4.05. The van der Waals surface area contributed by atoms with Crippen LogP contribution in [0, 0.1) is 11.3 Å². The van der Waals surface area contributed by atoms with Crippen molar-refractivity contribution < 1.29 is 13.2 Å². The van der Waals surface area contributed by atoms with Gasteiger partial charge in [-0.25, -0.2) is 0 Å². The Morgan fingerprint density at radius 1 is 1.38 bits per heavy atom. The Kier molecular flexibility index (Phi) is 4.06. The largest absolute Gasteiger partial charge is 0.417 e. The van der Waals surface area contributed by atoms with Gasteiger partial charge in [-0.15, -0.1) is 11.6 Å². The van der Waals surface area contributed by atoms with Gasteiger partial charge in [-0.2, -0.15) is 18.4 Å². The molecule has 0 aromatic heterocycles. The van der Waals surface area contributed by atoms with Crippen LogP contribution in [0.4, 0.5) is 13.2 Å². The van der Waals surface area contributed by atoms with Gasteiger partial charge in [0.05, 0.1) is 16.7 Å². The molecule has 0 saturated carbocycles. The maximum Gasteiger partial charge on any atom is 0.417 e. The predicted molar refractivity (Wildman–Crippen MR) is 55.4 cm³/mol. The highest BCUT2D eigenvalue weighted by atomic mass is 35.5. The molecule has 1 nitrogen and oxygen atoms in total. The lowest BCUT2D eigenvalue weighted by atomic mass is 10.1. The predicted octanol–water partition coefficient (Wildman–Crippen LogP) is 4.03. The van der Waals surface area contributed by atoms with Crippen LogP contribution in [0.3, 0.4) is 0 Å². The van der Waals surface area contributed by atoms with E-state index in [2.05, 4.69) is 0 Å². The molecule has 0 fully saturated rings. The summed E-state index contributed by atoms with van der Waals surface area (Å²) in [4.78, 5) is 0. The minimum atomic E-state index is -4.50. The van der Waals surface area contributed by atoms with E-state index in [0.717, 1.165) is 12.1 Å². The van der Waals surface area contributed by atoms with E-state index in [0.29, 0.717) is 5.56 Å². The first-order valence-electron chi connectivity index (χ1n) is 4.24. The summed E-state index contributed by atoms with van der Waals surface area (Å²) in [6.45, 7) is 0. The molecule has 0 bridgehead atoms. The Labute approximate surface area is 100 Å². The van der Waals surface area contributed by atoms with Gasteiger partial charge in [-0.05, 0) is 17.7 Å². The highest BCUT2D eigenvalue weighted by molar-refractivity contribution is 6.31. The molecule has 86 valence electrons. The van der Waals surface area contributed by atoms with Gasteiger partial charge >= 0.3 is 6.18 Å². The van der Waals surface area contributed by atoms with Crippen LogP contribution in [-0.4, -0.2) is 5.38 Å². The molecule has 1 aromatic carbocycles. The standard InChI is InChI=1S/C10H6Cl2F3N/c11-7(5-16)3-6-1-2-9(12)8(4-6)10(13,14)15/h1-2,4,7H,3H2/t7-/m1/s1. The second-order valence-electron chi connectivity index (χ2n) is 3.11. The van der Waals surface area contributed by atoms with Gasteiger partial charge in [0.15, 0.2) is 0 Å². The normalized spacial score (nSPS) is 13.2. The fourth-order valence-corrected chi connectivity index (χ4v) is 1.57. The zero-order valence-electron chi connectivity index (χ0n) is 7.85. The molecule has 0 heterocycles. The van der Waals surface area contributed by atoms with Crippen molar-refractivity contribution in [3.8, 4) is 6.07 Å². The van der Waals surface area contributed by atoms with Crippen molar-refractivity contribution in [2.24, 2.45) is 0 Å². The van der Waals surface area contributed by atoms with Crippen LogP contribution in [0.5, 0.6) is 0 Å². The van der Waals surface area contributed by atoms with Crippen molar-refractivity contribution in [3.05, 3.63) is 34.3 Å². The third-order valence-corrected chi connectivity index (χ3v) is 2.47. The minimum Gasteiger partial charge on any atom is -0.197 e. The third-order valence-electron chi connectivity index (χ3n) is 1.89. The van der Waals surface area contributed by atoms with Gasteiger partial charge in [0.2, 0.25) is 0 Å². The van der Waals surface area contributed by atoms with E-state index < -0.39 is 17.1 Å². The first kappa shape index (κ1) is 13.1. The highest BCUT2D eigenvalue weighted by Gasteiger charge is 2.33. The number of alkyl halides is 4. The molecule has 16 heavy (non-hydrogen) atoms. The molecule has 0 aliphatic rings. The van der Waals surface area contributed by atoms with Gasteiger partial charge in [-0.3, -0.25) is 0 Å². The Balaban J connectivity index is 3.04. The Bertz CT molecular complexity index is 423. The van der Waals surface area contributed by atoms with E-state index in [4.69, 9.17) is 28.5 Å². The summed E-state index contributed by atoms with van der Waals surface area (Å²) in [5.74, 6) is 0. The summed E-state index contributed by atoms with van der Waals surface area (Å²) in [5, 5.41) is 7.24. The van der Waals surface area contributed by atoms with Crippen LogP contribution in [0.25, 0.3) is 0 Å². The summed E-state index contributed by atoms with van der Waals surface area (Å²) >= 11 is 11.0. The van der Waals surface area contributed by atoms with Gasteiger partial charge in [0.1, 0.15) is 5.38 Å². The maximum absolute atomic E-state index is 12.5. The van der Waals surface area contributed by atoms with Gasteiger partial charge < -0.3 is 0 Å². The summed E-state index contributed by atoms with van der Waals surface area (Å²) < 4.78 is 37.4. The highest BCUT2D eigenvalue weighted by Crippen LogP contribution is 2.35. The lowest BCUT2D eigenvalue weighted by Gasteiger charge is -2.10. The monoisotopic (exact) mass is 267 g/mol. The van der Waals surface area contributed by atoms with Crippen LogP contribution in [-0.2, 0) is 12.6 Å². The lowest BCUT2D eigenvalue weighted by Crippen LogP contribution is -2.08. The minimum absolute atomic E-state index is 0.0539. The van der Waals surface area contributed by atoms with Crippen molar-refractivity contribution >= 4 is 23.2 Å². The fraction of sp³-hybridized carbons (Fsp3) is 0.300. The topological polar surface area (TPSA) is 23.8 Å². The average molecular weight is 268 g/mol. The van der Waals surface area contributed by atoms with Crippen molar-refractivity contribution in [1.82, 2.24) is 0 Å². The molecule has 0 amide bonds. The zero-order chi connectivity index (χ0) is 12.3. The summed E-state index contributed by atoms with van der Waals surface area (Å²) in [7, 11) is 0.